The fourth-order valence-corrected chi connectivity index (χ4v) is 2.29. The third-order valence-corrected chi connectivity index (χ3v) is 3.36. The van der Waals surface area contributed by atoms with Gasteiger partial charge in [-0.25, -0.2) is 0 Å². The van der Waals surface area contributed by atoms with Gasteiger partial charge in [-0.2, -0.15) is 0 Å². The molecule has 1 atom stereocenters. The Bertz CT molecular complexity index is 231. The van der Waals surface area contributed by atoms with E-state index in [0.29, 0.717) is 12.6 Å². The minimum absolute atomic E-state index is 0.266. The lowest BCUT2D eigenvalue weighted by molar-refractivity contribution is -0.133. The summed E-state index contributed by atoms with van der Waals surface area (Å²) in [5.41, 5.74) is 0. The lowest BCUT2D eigenvalue weighted by Gasteiger charge is -2.33. The predicted octanol–water partition coefficient (Wildman–Crippen LogP) is 0.929. The molecule has 1 aliphatic rings. The fourth-order valence-electron chi connectivity index (χ4n) is 2.29. The molecule has 1 N–H and O–H groups in total. The van der Waals surface area contributed by atoms with Gasteiger partial charge in [0.1, 0.15) is 0 Å². The molecule has 0 unspecified atom stereocenters. The van der Waals surface area contributed by atoms with Crippen LogP contribution in [-0.2, 0) is 4.79 Å². The van der Waals surface area contributed by atoms with Gasteiger partial charge in [-0.3, -0.25) is 4.79 Å². The van der Waals surface area contributed by atoms with Crippen LogP contribution in [0, 0.1) is 0 Å². The standard InChI is InChI=1S/C13H27N3O/c1-12-7-4-5-10-16(12)13(17)11-14-8-6-9-15(2)3/h12,14H,4-11H2,1-3H3/t12-/m0/s1. The molecule has 0 aromatic heterocycles. The zero-order valence-electron chi connectivity index (χ0n) is 11.5. The van der Waals surface area contributed by atoms with E-state index in [9.17, 15) is 4.79 Å². The number of hydrogen-bond acceptors (Lipinski definition) is 3. The molecule has 1 rings (SSSR count). The summed E-state index contributed by atoms with van der Waals surface area (Å²) in [5, 5.41) is 3.24. The van der Waals surface area contributed by atoms with Gasteiger partial charge in [0.05, 0.1) is 6.54 Å². The van der Waals surface area contributed by atoms with Crippen LogP contribution in [0.5, 0.6) is 0 Å². The number of rotatable bonds is 6. The number of carbonyl (C=O) groups excluding carboxylic acids is 1. The van der Waals surface area contributed by atoms with Crippen molar-refractivity contribution >= 4 is 5.91 Å². The van der Waals surface area contributed by atoms with Crippen LogP contribution in [-0.4, -0.2) is 62.0 Å². The van der Waals surface area contributed by atoms with Gasteiger partial charge < -0.3 is 15.1 Å². The van der Waals surface area contributed by atoms with Gasteiger partial charge in [0.15, 0.2) is 0 Å². The minimum atomic E-state index is 0.266. The highest BCUT2D eigenvalue weighted by Gasteiger charge is 2.22. The van der Waals surface area contributed by atoms with Gasteiger partial charge in [-0.15, -0.1) is 0 Å². The van der Waals surface area contributed by atoms with Crippen LogP contribution in [0.25, 0.3) is 0 Å². The Balaban J connectivity index is 2.11. The summed E-state index contributed by atoms with van der Waals surface area (Å²) in [4.78, 5) is 16.2. The van der Waals surface area contributed by atoms with Gasteiger partial charge >= 0.3 is 0 Å². The SMILES string of the molecule is C[C@H]1CCCCN1C(=O)CNCCCN(C)C. The number of carbonyl (C=O) groups is 1. The molecule has 0 aromatic rings. The summed E-state index contributed by atoms with van der Waals surface area (Å²) in [5.74, 6) is 0.266. The number of piperidine rings is 1. The lowest BCUT2D eigenvalue weighted by atomic mass is 10.0. The Labute approximate surface area is 105 Å². The van der Waals surface area contributed by atoms with Crippen LogP contribution in [0.2, 0.25) is 0 Å². The number of nitrogens with one attached hydrogen (secondary N) is 1. The van der Waals surface area contributed by atoms with Crippen LogP contribution in [0.15, 0.2) is 0 Å². The predicted molar refractivity (Wildman–Crippen MR) is 71.1 cm³/mol. The van der Waals surface area contributed by atoms with Crippen LogP contribution >= 0.6 is 0 Å². The highest BCUT2D eigenvalue weighted by molar-refractivity contribution is 5.78. The van der Waals surface area contributed by atoms with E-state index in [1.54, 1.807) is 0 Å². The maximum atomic E-state index is 12.0. The topological polar surface area (TPSA) is 35.6 Å². The third-order valence-electron chi connectivity index (χ3n) is 3.36. The van der Waals surface area contributed by atoms with Crippen molar-refractivity contribution in [2.24, 2.45) is 0 Å². The largest absolute Gasteiger partial charge is 0.339 e. The van der Waals surface area contributed by atoms with Crippen LogP contribution in [0.4, 0.5) is 0 Å². The second-order valence-electron chi connectivity index (χ2n) is 5.27. The van der Waals surface area contributed by atoms with E-state index in [1.807, 2.05) is 4.90 Å². The lowest BCUT2D eigenvalue weighted by Crippen LogP contribution is -2.46. The molecule has 0 spiro atoms. The van der Waals surface area contributed by atoms with Crippen molar-refractivity contribution < 1.29 is 4.79 Å². The summed E-state index contributed by atoms with van der Waals surface area (Å²) in [6, 6.07) is 0.430. The first-order chi connectivity index (χ1) is 8.11. The summed E-state index contributed by atoms with van der Waals surface area (Å²) < 4.78 is 0. The molecule has 1 fully saturated rings. The summed E-state index contributed by atoms with van der Waals surface area (Å²) in [6.07, 6.45) is 4.68. The molecule has 0 radical (unpaired) electrons. The highest BCUT2D eigenvalue weighted by atomic mass is 16.2. The summed E-state index contributed by atoms with van der Waals surface area (Å²) in [6.45, 7) is 5.59. The van der Waals surface area contributed by atoms with E-state index in [1.165, 1.54) is 6.42 Å². The average Bonchev–Trinajstić information content (AvgIpc) is 2.28. The molecule has 17 heavy (non-hydrogen) atoms. The first-order valence-electron chi connectivity index (χ1n) is 6.76. The first-order valence-corrected chi connectivity index (χ1v) is 6.76. The van der Waals surface area contributed by atoms with Gasteiger partial charge in [0.25, 0.3) is 0 Å². The summed E-state index contributed by atoms with van der Waals surface area (Å²) in [7, 11) is 4.14. The Kier molecular flexibility index (Phi) is 6.52. The van der Waals surface area contributed by atoms with Crippen molar-refractivity contribution in [1.29, 1.82) is 0 Å². The quantitative estimate of drug-likeness (QED) is 0.703. The van der Waals surface area contributed by atoms with E-state index in [2.05, 4.69) is 31.2 Å². The molecule has 1 heterocycles. The molecule has 0 saturated carbocycles. The van der Waals surface area contributed by atoms with Crippen LogP contribution < -0.4 is 5.32 Å². The zero-order chi connectivity index (χ0) is 12.7. The number of hydrogen-bond donors (Lipinski definition) is 1. The molecule has 4 heteroatoms. The van der Waals surface area contributed by atoms with Crippen LogP contribution in [0.3, 0.4) is 0 Å². The van der Waals surface area contributed by atoms with Crippen molar-refractivity contribution in [3.63, 3.8) is 0 Å². The van der Waals surface area contributed by atoms with Crippen LogP contribution in [0.1, 0.15) is 32.6 Å². The van der Waals surface area contributed by atoms with E-state index in [0.717, 1.165) is 38.9 Å². The van der Waals surface area contributed by atoms with Gasteiger partial charge in [0.2, 0.25) is 5.91 Å². The van der Waals surface area contributed by atoms with Crippen molar-refractivity contribution in [3.8, 4) is 0 Å². The van der Waals surface area contributed by atoms with Gasteiger partial charge in [-0.05, 0) is 59.8 Å². The van der Waals surface area contributed by atoms with Crippen molar-refractivity contribution in [2.45, 2.75) is 38.6 Å². The molecule has 1 aliphatic heterocycles. The Morgan fingerprint density at radius 1 is 1.41 bits per heavy atom. The second-order valence-corrected chi connectivity index (χ2v) is 5.27. The average molecular weight is 241 g/mol. The molecular formula is C13H27N3O. The molecule has 1 amide bonds. The second kappa shape index (κ2) is 7.67. The Morgan fingerprint density at radius 2 is 2.18 bits per heavy atom. The van der Waals surface area contributed by atoms with E-state index >= 15 is 0 Å². The monoisotopic (exact) mass is 241 g/mol. The zero-order valence-corrected chi connectivity index (χ0v) is 11.5. The number of likely N-dealkylation sites (tertiary alicyclic amines) is 1. The minimum Gasteiger partial charge on any atom is -0.339 e. The number of nitrogens with zero attached hydrogens (tertiary/aromatic N) is 2. The van der Waals surface area contributed by atoms with Crippen molar-refractivity contribution in [1.82, 2.24) is 15.1 Å². The van der Waals surface area contributed by atoms with E-state index in [-0.39, 0.29) is 5.91 Å². The maximum absolute atomic E-state index is 12.0. The Morgan fingerprint density at radius 3 is 2.82 bits per heavy atom. The molecule has 0 aliphatic carbocycles. The van der Waals surface area contributed by atoms with Crippen molar-refractivity contribution in [2.75, 3.05) is 40.3 Å². The normalized spacial score (nSPS) is 20.9. The Hall–Kier alpha value is -0.610. The van der Waals surface area contributed by atoms with Gasteiger partial charge in [0, 0.05) is 12.6 Å². The molecule has 0 aromatic carbocycles. The third kappa shape index (κ3) is 5.50. The maximum Gasteiger partial charge on any atom is 0.236 e. The van der Waals surface area contributed by atoms with Crippen molar-refractivity contribution in [3.05, 3.63) is 0 Å². The molecule has 100 valence electrons. The summed E-state index contributed by atoms with van der Waals surface area (Å²) >= 11 is 0. The fraction of sp³-hybridized carbons (Fsp3) is 0.923. The first kappa shape index (κ1) is 14.5. The van der Waals surface area contributed by atoms with Gasteiger partial charge in [-0.1, -0.05) is 0 Å². The number of amides is 1. The van der Waals surface area contributed by atoms with E-state index in [4.69, 9.17) is 0 Å². The molecular weight excluding hydrogens is 214 g/mol. The smallest absolute Gasteiger partial charge is 0.236 e. The highest BCUT2D eigenvalue weighted by Crippen LogP contribution is 2.15. The van der Waals surface area contributed by atoms with E-state index < -0.39 is 0 Å². The molecule has 4 nitrogen and oxygen atoms in total. The molecule has 0 bridgehead atoms. The molecule has 1 saturated heterocycles.